The summed E-state index contributed by atoms with van der Waals surface area (Å²) in [5.74, 6) is 0.691. The van der Waals surface area contributed by atoms with E-state index < -0.39 is 0 Å². The third-order valence-corrected chi connectivity index (χ3v) is 2.82. The fourth-order valence-electron chi connectivity index (χ4n) is 1.49. The van der Waals surface area contributed by atoms with Crippen LogP contribution in [0.3, 0.4) is 0 Å². The van der Waals surface area contributed by atoms with Gasteiger partial charge in [-0.2, -0.15) is 5.26 Å². The van der Waals surface area contributed by atoms with Gasteiger partial charge in [-0.25, -0.2) is 4.98 Å². The number of anilines is 1. The molecule has 1 rings (SSSR count). The van der Waals surface area contributed by atoms with Crippen molar-refractivity contribution in [2.45, 2.75) is 26.2 Å². The summed E-state index contributed by atoms with van der Waals surface area (Å²) < 4.78 is 0. The largest absolute Gasteiger partial charge is 0.358 e. The second kappa shape index (κ2) is 6.34. The SMILES string of the molecule is CCCCCN(C)c1nccc(C#N)c1Cl. The number of pyridine rings is 1. The molecule has 0 aliphatic carbocycles. The Hall–Kier alpha value is -1.27. The summed E-state index contributed by atoms with van der Waals surface area (Å²) in [6.45, 7) is 3.08. The van der Waals surface area contributed by atoms with Gasteiger partial charge in [0, 0.05) is 19.8 Å². The number of hydrogen-bond acceptors (Lipinski definition) is 3. The molecule has 0 aliphatic heterocycles. The summed E-state index contributed by atoms with van der Waals surface area (Å²) in [5, 5.41) is 9.31. The van der Waals surface area contributed by atoms with E-state index in [2.05, 4.69) is 18.0 Å². The van der Waals surface area contributed by atoms with Crippen molar-refractivity contribution in [2.75, 3.05) is 18.5 Å². The molecule has 1 heterocycles. The minimum Gasteiger partial charge on any atom is -0.358 e. The van der Waals surface area contributed by atoms with E-state index in [1.807, 2.05) is 11.9 Å². The highest BCUT2D eigenvalue weighted by molar-refractivity contribution is 6.34. The van der Waals surface area contributed by atoms with Crippen LogP contribution in [0.1, 0.15) is 31.7 Å². The molecule has 0 aliphatic rings. The lowest BCUT2D eigenvalue weighted by atomic mass is 10.2. The number of halogens is 1. The zero-order valence-corrected chi connectivity index (χ0v) is 10.5. The zero-order chi connectivity index (χ0) is 12.0. The van der Waals surface area contributed by atoms with Gasteiger partial charge < -0.3 is 4.90 Å². The summed E-state index contributed by atoms with van der Waals surface area (Å²) >= 11 is 6.09. The van der Waals surface area contributed by atoms with Crippen LogP contribution in [-0.2, 0) is 0 Å². The Balaban J connectivity index is 2.76. The lowest BCUT2D eigenvalue weighted by molar-refractivity contribution is 0.701. The van der Waals surface area contributed by atoms with Crippen LogP contribution in [0.4, 0.5) is 5.82 Å². The first-order chi connectivity index (χ1) is 7.70. The summed E-state index contributed by atoms with van der Waals surface area (Å²) in [6.07, 6.45) is 5.12. The van der Waals surface area contributed by atoms with Crippen molar-refractivity contribution >= 4 is 17.4 Å². The molecule has 4 heteroatoms. The molecule has 1 aromatic rings. The van der Waals surface area contributed by atoms with Gasteiger partial charge in [0.1, 0.15) is 16.9 Å². The van der Waals surface area contributed by atoms with E-state index in [0.29, 0.717) is 16.4 Å². The Labute approximate surface area is 102 Å². The highest BCUT2D eigenvalue weighted by Crippen LogP contribution is 2.25. The Morgan fingerprint density at radius 2 is 2.25 bits per heavy atom. The standard InChI is InChI=1S/C12H16ClN3/c1-3-4-5-8-16(2)12-11(13)10(9-14)6-7-15-12/h6-7H,3-5,8H2,1-2H3. The lowest BCUT2D eigenvalue weighted by Gasteiger charge is -2.19. The fraction of sp³-hybridized carbons (Fsp3) is 0.500. The van der Waals surface area contributed by atoms with Crippen molar-refractivity contribution in [2.24, 2.45) is 0 Å². The highest BCUT2D eigenvalue weighted by atomic mass is 35.5. The summed E-state index contributed by atoms with van der Waals surface area (Å²) in [4.78, 5) is 6.21. The first-order valence-corrected chi connectivity index (χ1v) is 5.84. The number of aromatic nitrogens is 1. The van der Waals surface area contributed by atoms with E-state index in [0.717, 1.165) is 13.0 Å². The van der Waals surface area contributed by atoms with Crippen LogP contribution in [0.25, 0.3) is 0 Å². The molecule has 0 aromatic carbocycles. The van der Waals surface area contributed by atoms with Crippen molar-refractivity contribution in [3.05, 3.63) is 22.8 Å². The molecule has 3 nitrogen and oxygen atoms in total. The maximum Gasteiger partial charge on any atom is 0.148 e. The average molecular weight is 238 g/mol. The maximum absolute atomic E-state index is 8.86. The topological polar surface area (TPSA) is 39.9 Å². The molecule has 1 aromatic heterocycles. The van der Waals surface area contributed by atoms with Gasteiger partial charge in [-0.1, -0.05) is 31.4 Å². The van der Waals surface area contributed by atoms with E-state index in [-0.39, 0.29) is 0 Å². The molecule has 0 saturated carbocycles. The second-order valence-electron chi connectivity index (χ2n) is 3.74. The van der Waals surface area contributed by atoms with Gasteiger partial charge in [-0.3, -0.25) is 0 Å². The molecule has 0 radical (unpaired) electrons. The van der Waals surface area contributed by atoms with Crippen molar-refractivity contribution in [1.82, 2.24) is 4.98 Å². The molecule has 0 N–H and O–H groups in total. The number of hydrogen-bond donors (Lipinski definition) is 0. The van der Waals surface area contributed by atoms with Crippen molar-refractivity contribution in [3.8, 4) is 6.07 Å². The Kier molecular flexibility index (Phi) is 5.07. The van der Waals surface area contributed by atoms with Crippen LogP contribution in [0.5, 0.6) is 0 Å². The number of rotatable bonds is 5. The van der Waals surface area contributed by atoms with Crippen LogP contribution in [0.15, 0.2) is 12.3 Å². The molecule has 0 unspecified atom stereocenters. The fourth-order valence-corrected chi connectivity index (χ4v) is 1.79. The Morgan fingerprint density at radius 3 is 2.88 bits per heavy atom. The predicted octanol–water partition coefficient (Wildman–Crippen LogP) is 3.23. The summed E-state index contributed by atoms with van der Waals surface area (Å²) in [6, 6.07) is 3.69. The second-order valence-corrected chi connectivity index (χ2v) is 4.11. The van der Waals surface area contributed by atoms with E-state index in [1.165, 1.54) is 12.8 Å². The normalized spacial score (nSPS) is 9.88. The number of nitriles is 1. The first kappa shape index (κ1) is 12.8. The van der Waals surface area contributed by atoms with Crippen LogP contribution < -0.4 is 4.90 Å². The van der Waals surface area contributed by atoms with Crippen LogP contribution in [0, 0.1) is 11.3 Å². The quantitative estimate of drug-likeness (QED) is 0.739. The molecule has 86 valence electrons. The molecule has 0 bridgehead atoms. The smallest absolute Gasteiger partial charge is 0.148 e. The molecule has 0 saturated heterocycles. The molecule has 0 spiro atoms. The van der Waals surface area contributed by atoms with Crippen LogP contribution in [-0.4, -0.2) is 18.6 Å². The summed E-state index contributed by atoms with van der Waals surface area (Å²) in [7, 11) is 1.95. The van der Waals surface area contributed by atoms with Gasteiger partial charge in [0.15, 0.2) is 0 Å². The van der Waals surface area contributed by atoms with Crippen LogP contribution >= 0.6 is 11.6 Å². The van der Waals surface area contributed by atoms with E-state index >= 15 is 0 Å². The molecule has 0 atom stereocenters. The highest BCUT2D eigenvalue weighted by Gasteiger charge is 2.10. The van der Waals surface area contributed by atoms with Crippen molar-refractivity contribution in [3.63, 3.8) is 0 Å². The first-order valence-electron chi connectivity index (χ1n) is 5.46. The molecule has 0 fully saturated rings. The maximum atomic E-state index is 8.86. The molecule has 16 heavy (non-hydrogen) atoms. The average Bonchev–Trinajstić information content (AvgIpc) is 2.29. The number of nitrogens with zero attached hydrogens (tertiary/aromatic N) is 3. The van der Waals surface area contributed by atoms with E-state index in [4.69, 9.17) is 16.9 Å². The van der Waals surface area contributed by atoms with Gasteiger partial charge in [0.2, 0.25) is 0 Å². The third-order valence-electron chi connectivity index (χ3n) is 2.45. The minimum atomic E-state index is 0.448. The zero-order valence-electron chi connectivity index (χ0n) is 9.70. The van der Waals surface area contributed by atoms with Gasteiger partial charge in [0.05, 0.1) is 5.56 Å². The molecular formula is C12H16ClN3. The predicted molar refractivity (Wildman–Crippen MR) is 66.8 cm³/mol. The lowest BCUT2D eigenvalue weighted by Crippen LogP contribution is -2.20. The van der Waals surface area contributed by atoms with Crippen molar-refractivity contribution < 1.29 is 0 Å². The van der Waals surface area contributed by atoms with Crippen molar-refractivity contribution in [1.29, 1.82) is 5.26 Å². The van der Waals surface area contributed by atoms with Gasteiger partial charge in [-0.15, -0.1) is 0 Å². The third kappa shape index (κ3) is 3.11. The van der Waals surface area contributed by atoms with Gasteiger partial charge >= 0.3 is 0 Å². The molecular weight excluding hydrogens is 222 g/mol. The minimum absolute atomic E-state index is 0.448. The van der Waals surface area contributed by atoms with Crippen LogP contribution in [0.2, 0.25) is 5.02 Å². The number of unbranched alkanes of at least 4 members (excludes halogenated alkanes) is 2. The van der Waals surface area contributed by atoms with E-state index in [1.54, 1.807) is 12.3 Å². The van der Waals surface area contributed by atoms with Gasteiger partial charge in [0.25, 0.3) is 0 Å². The summed E-state index contributed by atoms with van der Waals surface area (Å²) in [5.41, 5.74) is 0.481. The molecule has 0 amide bonds. The Bertz CT molecular complexity index is 384. The van der Waals surface area contributed by atoms with Gasteiger partial charge in [-0.05, 0) is 12.5 Å². The van der Waals surface area contributed by atoms with E-state index in [9.17, 15) is 0 Å². The monoisotopic (exact) mass is 237 g/mol. The Morgan fingerprint density at radius 1 is 1.50 bits per heavy atom.